The molecule has 0 nitrogen and oxygen atoms in total. The van der Waals surface area contributed by atoms with Gasteiger partial charge >= 0.3 is 0 Å². The van der Waals surface area contributed by atoms with Gasteiger partial charge in [-0.15, -0.1) is 22.9 Å². The highest BCUT2D eigenvalue weighted by atomic mass is 35.5. The first kappa shape index (κ1) is 12.9. The molecule has 0 amide bonds. The molecule has 3 heteroatoms. The van der Waals surface area contributed by atoms with E-state index in [0.29, 0.717) is 0 Å². The predicted octanol–water partition coefficient (Wildman–Crippen LogP) is 5.54. The smallest absolute Gasteiger partial charge is 0.0636 e. The summed E-state index contributed by atoms with van der Waals surface area (Å²) in [6.45, 7) is 4.24. The Hall–Kier alpha value is -0.500. The van der Waals surface area contributed by atoms with Gasteiger partial charge in [0, 0.05) is 14.8 Å². The minimum Gasteiger partial charge on any atom is -0.146 e. The lowest BCUT2D eigenvalue weighted by Crippen LogP contribution is -1.95. The molecular formula is C14H14Cl2S. The van der Waals surface area contributed by atoms with Crippen molar-refractivity contribution in [1.82, 2.24) is 0 Å². The largest absolute Gasteiger partial charge is 0.146 e. The van der Waals surface area contributed by atoms with E-state index in [4.69, 9.17) is 23.2 Å². The molecule has 0 aliphatic rings. The first-order valence-electron chi connectivity index (χ1n) is 5.51. The van der Waals surface area contributed by atoms with Crippen molar-refractivity contribution in [3.05, 3.63) is 56.2 Å². The van der Waals surface area contributed by atoms with Gasteiger partial charge in [0.05, 0.1) is 5.38 Å². The summed E-state index contributed by atoms with van der Waals surface area (Å²) in [5, 5.41) is 0.794. The summed E-state index contributed by atoms with van der Waals surface area (Å²) in [5.74, 6) is 0. The van der Waals surface area contributed by atoms with Gasteiger partial charge in [0.2, 0.25) is 0 Å². The molecule has 0 saturated heterocycles. The van der Waals surface area contributed by atoms with Gasteiger partial charge in [-0.05, 0) is 49.6 Å². The Bertz CT molecular complexity index is 517. The zero-order chi connectivity index (χ0) is 12.4. The van der Waals surface area contributed by atoms with Crippen molar-refractivity contribution >= 4 is 34.5 Å². The molecule has 0 N–H and O–H groups in total. The second-order valence-corrected chi connectivity index (χ2v) is 6.59. The number of hydrogen-bond acceptors (Lipinski definition) is 1. The number of alkyl halides is 1. The standard InChI is InChI=1S/C14H14Cl2S/c1-9-6-13(10(2)17-9)14(16)8-11-4-3-5-12(15)7-11/h3-7,14H,8H2,1-2H3. The fourth-order valence-corrected chi connectivity index (χ4v) is 3.61. The zero-order valence-corrected chi connectivity index (χ0v) is 12.2. The summed E-state index contributed by atoms with van der Waals surface area (Å²) >= 11 is 14.2. The molecule has 1 heterocycles. The van der Waals surface area contributed by atoms with E-state index in [-0.39, 0.29) is 5.38 Å². The lowest BCUT2D eigenvalue weighted by Gasteiger charge is -2.09. The normalized spacial score (nSPS) is 12.7. The Labute approximate surface area is 116 Å². The van der Waals surface area contributed by atoms with Gasteiger partial charge in [-0.3, -0.25) is 0 Å². The van der Waals surface area contributed by atoms with Crippen LogP contribution in [0.5, 0.6) is 0 Å². The molecule has 0 spiro atoms. The maximum Gasteiger partial charge on any atom is 0.0636 e. The molecule has 17 heavy (non-hydrogen) atoms. The molecule has 0 fully saturated rings. The minimum atomic E-state index is 0.0263. The maximum atomic E-state index is 6.48. The van der Waals surface area contributed by atoms with E-state index in [1.165, 1.54) is 20.9 Å². The summed E-state index contributed by atoms with van der Waals surface area (Å²) in [6, 6.07) is 10.1. The molecule has 0 aliphatic heterocycles. The number of thiophene rings is 1. The third-order valence-electron chi connectivity index (χ3n) is 2.72. The van der Waals surface area contributed by atoms with Crippen LogP contribution in [0, 0.1) is 13.8 Å². The van der Waals surface area contributed by atoms with Crippen molar-refractivity contribution in [2.45, 2.75) is 25.6 Å². The minimum absolute atomic E-state index is 0.0263. The van der Waals surface area contributed by atoms with Crippen LogP contribution in [0.4, 0.5) is 0 Å². The summed E-state index contributed by atoms with van der Waals surface area (Å²) < 4.78 is 0. The monoisotopic (exact) mass is 284 g/mol. The van der Waals surface area contributed by atoms with Gasteiger partial charge in [0.1, 0.15) is 0 Å². The van der Waals surface area contributed by atoms with Gasteiger partial charge in [-0.1, -0.05) is 23.7 Å². The van der Waals surface area contributed by atoms with Crippen LogP contribution in [-0.2, 0) is 6.42 Å². The first-order chi connectivity index (χ1) is 8.06. The van der Waals surface area contributed by atoms with Gasteiger partial charge in [0.25, 0.3) is 0 Å². The van der Waals surface area contributed by atoms with Crippen molar-refractivity contribution in [2.75, 3.05) is 0 Å². The fraction of sp³-hybridized carbons (Fsp3) is 0.286. The average molecular weight is 285 g/mol. The van der Waals surface area contributed by atoms with Crippen LogP contribution in [0.15, 0.2) is 30.3 Å². The highest BCUT2D eigenvalue weighted by molar-refractivity contribution is 7.12. The van der Waals surface area contributed by atoms with E-state index in [9.17, 15) is 0 Å². The molecular weight excluding hydrogens is 271 g/mol. The summed E-state index contributed by atoms with van der Waals surface area (Å²) in [6.07, 6.45) is 0.819. The van der Waals surface area contributed by atoms with Crippen molar-refractivity contribution in [1.29, 1.82) is 0 Å². The van der Waals surface area contributed by atoms with Crippen molar-refractivity contribution in [3.63, 3.8) is 0 Å². The molecule has 1 atom stereocenters. The SMILES string of the molecule is Cc1cc(C(Cl)Cc2cccc(Cl)c2)c(C)s1. The third-order valence-corrected chi connectivity index (χ3v) is 4.33. The number of hydrogen-bond donors (Lipinski definition) is 0. The van der Waals surface area contributed by atoms with Crippen LogP contribution in [-0.4, -0.2) is 0 Å². The molecule has 0 saturated carbocycles. The Kier molecular flexibility index (Phi) is 4.13. The van der Waals surface area contributed by atoms with Crippen LogP contribution in [0.25, 0.3) is 0 Å². The quantitative estimate of drug-likeness (QED) is 0.649. The van der Waals surface area contributed by atoms with E-state index in [1.807, 2.05) is 18.2 Å². The second-order valence-electron chi connectivity index (χ2n) is 4.17. The highest BCUT2D eigenvalue weighted by Gasteiger charge is 2.13. The predicted molar refractivity (Wildman–Crippen MR) is 77.5 cm³/mol. The number of halogens is 2. The first-order valence-corrected chi connectivity index (χ1v) is 7.15. The van der Waals surface area contributed by atoms with E-state index < -0.39 is 0 Å². The molecule has 1 aromatic carbocycles. The van der Waals surface area contributed by atoms with Crippen molar-refractivity contribution in [2.24, 2.45) is 0 Å². The number of aryl methyl sites for hydroxylation is 2. The molecule has 1 unspecified atom stereocenters. The Morgan fingerprint density at radius 2 is 2.00 bits per heavy atom. The number of rotatable bonds is 3. The lowest BCUT2D eigenvalue weighted by atomic mass is 10.0. The molecule has 2 aromatic rings. The average Bonchev–Trinajstić information content (AvgIpc) is 2.58. The molecule has 0 aliphatic carbocycles. The van der Waals surface area contributed by atoms with E-state index in [2.05, 4.69) is 26.0 Å². The van der Waals surface area contributed by atoms with Crippen LogP contribution in [0.3, 0.4) is 0 Å². The summed E-state index contributed by atoms with van der Waals surface area (Å²) in [7, 11) is 0. The van der Waals surface area contributed by atoms with Crippen LogP contribution >= 0.6 is 34.5 Å². The molecule has 1 aromatic heterocycles. The van der Waals surface area contributed by atoms with E-state index >= 15 is 0 Å². The van der Waals surface area contributed by atoms with Crippen molar-refractivity contribution in [3.8, 4) is 0 Å². The lowest BCUT2D eigenvalue weighted by molar-refractivity contribution is 0.917. The van der Waals surface area contributed by atoms with Crippen LogP contribution in [0.2, 0.25) is 5.02 Å². The third kappa shape index (κ3) is 3.25. The van der Waals surface area contributed by atoms with Gasteiger partial charge in [-0.25, -0.2) is 0 Å². The molecule has 90 valence electrons. The Balaban J connectivity index is 2.16. The van der Waals surface area contributed by atoms with Gasteiger partial charge in [-0.2, -0.15) is 0 Å². The molecule has 2 rings (SSSR count). The summed E-state index contributed by atoms with van der Waals surface area (Å²) in [5.41, 5.74) is 2.43. The van der Waals surface area contributed by atoms with Gasteiger partial charge in [0.15, 0.2) is 0 Å². The maximum absolute atomic E-state index is 6.48. The molecule has 0 bridgehead atoms. The van der Waals surface area contributed by atoms with Crippen molar-refractivity contribution < 1.29 is 0 Å². The molecule has 0 radical (unpaired) electrons. The van der Waals surface area contributed by atoms with E-state index in [0.717, 1.165) is 11.4 Å². The number of benzene rings is 1. The highest BCUT2D eigenvalue weighted by Crippen LogP contribution is 2.33. The van der Waals surface area contributed by atoms with Crippen LogP contribution < -0.4 is 0 Å². The Morgan fingerprint density at radius 3 is 2.59 bits per heavy atom. The second kappa shape index (κ2) is 5.43. The summed E-state index contributed by atoms with van der Waals surface area (Å²) in [4.78, 5) is 2.62. The Morgan fingerprint density at radius 1 is 1.24 bits per heavy atom. The zero-order valence-electron chi connectivity index (χ0n) is 9.84. The van der Waals surface area contributed by atoms with E-state index in [1.54, 1.807) is 11.3 Å². The fourth-order valence-electron chi connectivity index (χ4n) is 1.94. The topological polar surface area (TPSA) is 0 Å². The van der Waals surface area contributed by atoms with Crippen LogP contribution in [0.1, 0.15) is 26.3 Å². The van der Waals surface area contributed by atoms with Gasteiger partial charge < -0.3 is 0 Å².